The molecule has 0 radical (unpaired) electrons. The maximum atomic E-state index is 12.9. The SMILES string of the molecule is CN/C=C(/C[CH-]N)c1cccc(F)c1.[O]=[W][OH]. The van der Waals surface area contributed by atoms with Gasteiger partial charge in [-0.25, -0.2) is 4.39 Å². The second-order valence-corrected chi connectivity index (χ2v) is 3.52. The summed E-state index contributed by atoms with van der Waals surface area (Å²) in [6.07, 6.45) is 2.43. The fraction of sp³-hybridized carbons (Fsp3) is 0.182. The van der Waals surface area contributed by atoms with E-state index in [1.807, 2.05) is 12.3 Å². The molecule has 1 aromatic rings. The van der Waals surface area contributed by atoms with Crippen LogP contribution in [0.15, 0.2) is 30.5 Å². The Hall–Kier alpha value is -0.902. The van der Waals surface area contributed by atoms with Crippen molar-refractivity contribution in [2.24, 2.45) is 5.73 Å². The molecule has 0 amide bonds. The Bertz CT molecular complexity index is 372. The van der Waals surface area contributed by atoms with Crippen LogP contribution < -0.4 is 11.1 Å². The number of rotatable bonds is 4. The minimum absolute atomic E-state index is 0.235. The monoisotopic (exact) mass is 410 g/mol. The van der Waals surface area contributed by atoms with Crippen molar-refractivity contribution in [3.8, 4) is 0 Å². The summed E-state index contributed by atoms with van der Waals surface area (Å²) in [4.78, 5) is 0. The number of hydrogen-bond donors (Lipinski definition) is 3. The molecular weight excluding hydrogens is 395 g/mol. The molecule has 0 aliphatic heterocycles. The predicted molar refractivity (Wildman–Crippen MR) is 59.4 cm³/mol. The minimum atomic E-state index is -2.00. The van der Waals surface area contributed by atoms with Crippen LogP contribution in [0.3, 0.4) is 0 Å². The molecule has 17 heavy (non-hydrogen) atoms. The van der Waals surface area contributed by atoms with Crippen molar-refractivity contribution in [3.05, 3.63) is 48.4 Å². The van der Waals surface area contributed by atoms with Gasteiger partial charge >= 0.3 is 26.1 Å². The van der Waals surface area contributed by atoms with E-state index in [1.165, 1.54) is 12.1 Å². The van der Waals surface area contributed by atoms with Gasteiger partial charge in [0.1, 0.15) is 5.82 Å². The molecule has 0 heterocycles. The zero-order valence-corrected chi connectivity index (χ0v) is 12.3. The van der Waals surface area contributed by atoms with Crippen molar-refractivity contribution >= 4 is 5.57 Å². The third-order valence-electron chi connectivity index (χ3n) is 1.85. The molecule has 0 atom stereocenters. The quantitative estimate of drug-likeness (QED) is 0.653. The summed E-state index contributed by atoms with van der Waals surface area (Å²) in [6.45, 7) is 1.55. The van der Waals surface area contributed by atoms with Crippen LogP contribution in [-0.4, -0.2) is 10.8 Å². The first-order valence-electron chi connectivity index (χ1n) is 4.78. The average molecular weight is 410 g/mol. The van der Waals surface area contributed by atoms with Gasteiger partial charge in [-0.05, 0) is 23.9 Å². The number of halogens is 1. The van der Waals surface area contributed by atoms with E-state index in [4.69, 9.17) is 12.9 Å². The van der Waals surface area contributed by atoms with Gasteiger partial charge in [-0.3, -0.25) is 6.54 Å². The van der Waals surface area contributed by atoms with Crippen LogP contribution in [-0.2, 0) is 22.3 Å². The van der Waals surface area contributed by atoms with Crippen molar-refractivity contribution in [3.63, 3.8) is 0 Å². The first kappa shape index (κ1) is 16.1. The summed E-state index contributed by atoms with van der Waals surface area (Å²) >= 11 is -2.00. The van der Waals surface area contributed by atoms with Gasteiger partial charge in [-0.1, -0.05) is 17.7 Å². The molecule has 6 heteroatoms. The Balaban J connectivity index is 0.000000770. The zero-order chi connectivity index (χ0) is 13.1. The van der Waals surface area contributed by atoms with Gasteiger partial charge in [0.05, 0.1) is 0 Å². The molecular formula is C11H15FN2O2W-. The molecule has 0 aliphatic carbocycles. The summed E-state index contributed by atoms with van der Waals surface area (Å²) in [6, 6.07) is 6.46. The Kier molecular flexibility index (Phi) is 9.72. The molecule has 0 saturated heterocycles. The second kappa shape index (κ2) is 10.3. The zero-order valence-electron chi connectivity index (χ0n) is 9.39. The van der Waals surface area contributed by atoms with Crippen molar-refractivity contribution in [2.45, 2.75) is 6.42 Å². The van der Waals surface area contributed by atoms with Crippen molar-refractivity contribution in [1.29, 1.82) is 0 Å². The molecule has 0 saturated carbocycles. The van der Waals surface area contributed by atoms with Crippen molar-refractivity contribution in [1.82, 2.24) is 5.32 Å². The molecule has 4 nitrogen and oxygen atoms in total. The van der Waals surface area contributed by atoms with Crippen LogP contribution in [0.4, 0.5) is 4.39 Å². The standard InChI is InChI=1S/C11H14FN2.H2O.O.W/c1-14-8-10(5-6-13)9-3-2-4-11(12)7-9;;;/h2-4,6-8,14H,5,13H2,1H3;1H2;;/q-1;;;+1/p-1/b10-8-;;;. The van der Waals surface area contributed by atoms with Crippen LogP contribution in [0.1, 0.15) is 12.0 Å². The summed E-state index contributed by atoms with van der Waals surface area (Å²) in [5.41, 5.74) is 7.16. The molecule has 0 fully saturated rings. The Morgan fingerprint density at radius 3 is 2.82 bits per heavy atom. The molecule has 0 unspecified atom stereocenters. The third-order valence-corrected chi connectivity index (χ3v) is 1.85. The van der Waals surface area contributed by atoms with Crippen LogP contribution in [0.2, 0.25) is 0 Å². The van der Waals surface area contributed by atoms with Gasteiger partial charge in [-0.15, -0.1) is 6.42 Å². The number of benzene rings is 1. The Morgan fingerprint density at radius 2 is 2.35 bits per heavy atom. The van der Waals surface area contributed by atoms with E-state index in [1.54, 1.807) is 19.7 Å². The van der Waals surface area contributed by atoms with Gasteiger partial charge < -0.3 is 11.1 Å². The van der Waals surface area contributed by atoms with Gasteiger partial charge in [-0.2, -0.15) is 0 Å². The maximum absolute atomic E-state index is 12.9. The van der Waals surface area contributed by atoms with E-state index in [-0.39, 0.29) is 5.82 Å². The molecule has 0 aliphatic rings. The van der Waals surface area contributed by atoms with Crippen LogP contribution in [0, 0.1) is 12.4 Å². The van der Waals surface area contributed by atoms with E-state index in [2.05, 4.69) is 5.32 Å². The molecule has 0 aromatic heterocycles. The fourth-order valence-electron chi connectivity index (χ4n) is 1.25. The Labute approximate surface area is 109 Å². The van der Waals surface area contributed by atoms with E-state index >= 15 is 0 Å². The number of nitrogens with one attached hydrogen (secondary N) is 1. The van der Waals surface area contributed by atoms with Crippen LogP contribution in [0.5, 0.6) is 0 Å². The van der Waals surface area contributed by atoms with Crippen LogP contribution in [0.25, 0.3) is 5.57 Å². The first-order valence-corrected chi connectivity index (χ1v) is 7.29. The summed E-state index contributed by atoms with van der Waals surface area (Å²) in [7, 11) is 1.80. The average Bonchev–Trinajstić information content (AvgIpc) is 2.30. The first-order chi connectivity index (χ1) is 8.19. The van der Waals surface area contributed by atoms with Gasteiger partial charge in [0, 0.05) is 7.05 Å². The van der Waals surface area contributed by atoms with Crippen LogP contribution >= 0.6 is 0 Å². The van der Waals surface area contributed by atoms with Crippen molar-refractivity contribution < 1.29 is 30.5 Å². The third kappa shape index (κ3) is 7.10. The van der Waals surface area contributed by atoms with E-state index in [0.29, 0.717) is 6.42 Å². The molecule has 0 bridgehead atoms. The molecule has 4 N–H and O–H groups in total. The van der Waals surface area contributed by atoms with Gasteiger partial charge in [0.15, 0.2) is 0 Å². The fourth-order valence-corrected chi connectivity index (χ4v) is 1.25. The number of nitrogens with two attached hydrogens (primary N) is 1. The van der Waals surface area contributed by atoms with E-state index < -0.39 is 18.9 Å². The summed E-state index contributed by atoms with van der Waals surface area (Å²) in [5, 5.41) is 2.91. The molecule has 1 rings (SSSR count). The topological polar surface area (TPSA) is 75.3 Å². The normalized spacial score (nSPS) is 10.2. The number of hydrogen-bond acceptors (Lipinski definition) is 3. The molecule has 1 aromatic carbocycles. The molecule has 95 valence electrons. The van der Waals surface area contributed by atoms with Gasteiger partial charge in [0.25, 0.3) is 0 Å². The Morgan fingerprint density at radius 1 is 1.71 bits per heavy atom. The van der Waals surface area contributed by atoms with E-state index in [9.17, 15) is 4.39 Å². The van der Waals surface area contributed by atoms with Crippen molar-refractivity contribution in [2.75, 3.05) is 7.05 Å². The van der Waals surface area contributed by atoms with Gasteiger partial charge in [0.2, 0.25) is 0 Å². The second-order valence-electron chi connectivity index (χ2n) is 2.98. The van der Waals surface area contributed by atoms with E-state index in [0.717, 1.165) is 11.1 Å². The summed E-state index contributed by atoms with van der Waals surface area (Å²) in [5.74, 6) is -0.235. The molecule has 0 spiro atoms. The summed E-state index contributed by atoms with van der Waals surface area (Å²) < 4.78 is 28.8. The predicted octanol–water partition coefficient (Wildman–Crippen LogP) is 1.22.